The number of carbonyl (C=O) groups excluding carboxylic acids is 2. The molecule has 0 aromatic carbocycles. The molecule has 10 heteroatoms. The van der Waals surface area contributed by atoms with Crippen molar-refractivity contribution in [3.05, 3.63) is 18.2 Å². The van der Waals surface area contributed by atoms with Crippen LogP contribution in [0.3, 0.4) is 0 Å². The number of carboxylic acid groups (broad SMARTS) is 1. The Hall–Kier alpha value is -2.46. The number of aromatic nitrogens is 2. The molecule has 1 fully saturated rings. The van der Waals surface area contributed by atoms with Gasteiger partial charge in [0.05, 0.1) is 12.4 Å². The van der Waals surface area contributed by atoms with Crippen LogP contribution in [0.4, 0.5) is 0 Å². The van der Waals surface area contributed by atoms with Crippen LogP contribution in [0, 0.1) is 0 Å². The van der Waals surface area contributed by atoms with Crippen LogP contribution in [0.1, 0.15) is 37.8 Å². The molecule has 7 N–H and O–H groups in total. The minimum absolute atomic E-state index is 0.194. The van der Waals surface area contributed by atoms with Gasteiger partial charge in [-0.05, 0) is 45.2 Å². The fraction of sp³-hybridized carbons (Fsp3) is 0.647. The van der Waals surface area contributed by atoms with E-state index in [-0.39, 0.29) is 24.8 Å². The number of carboxylic acids is 1. The highest BCUT2D eigenvalue weighted by molar-refractivity contribution is 5.92. The Labute approximate surface area is 157 Å². The van der Waals surface area contributed by atoms with Crippen LogP contribution in [0.2, 0.25) is 0 Å². The summed E-state index contributed by atoms with van der Waals surface area (Å²) in [5.41, 5.74) is 6.10. The molecule has 0 bridgehead atoms. The fourth-order valence-electron chi connectivity index (χ4n) is 3.03. The Balaban J connectivity index is 2.01. The summed E-state index contributed by atoms with van der Waals surface area (Å²) in [4.78, 5) is 43.4. The second-order valence-electron chi connectivity index (χ2n) is 6.67. The molecule has 150 valence electrons. The van der Waals surface area contributed by atoms with Gasteiger partial charge in [-0.15, -0.1) is 0 Å². The van der Waals surface area contributed by atoms with Gasteiger partial charge in [-0.3, -0.25) is 9.59 Å². The second-order valence-corrected chi connectivity index (χ2v) is 6.67. The first-order chi connectivity index (χ1) is 13.0. The summed E-state index contributed by atoms with van der Waals surface area (Å²) in [7, 11) is 0. The number of rotatable bonds is 11. The van der Waals surface area contributed by atoms with Gasteiger partial charge < -0.3 is 31.8 Å². The van der Waals surface area contributed by atoms with E-state index in [1.165, 1.54) is 6.33 Å². The molecule has 1 aliphatic heterocycles. The minimum atomic E-state index is -1.11. The highest BCUT2D eigenvalue weighted by Crippen LogP contribution is 2.08. The molecule has 3 atom stereocenters. The summed E-state index contributed by atoms with van der Waals surface area (Å²) >= 11 is 0. The third-order valence-electron chi connectivity index (χ3n) is 4.55. The fourth-order valence-corrected chi connectivity index (χ4v) is 3.03. The molecule has 2 amide bonds. The predicted molar refractivity (Wildman–Crippen MR) is 97.7 cm³/mol. The average Bonchev–Trinajstić information content (AvgIpc) is 3.33. The molecule has 0 aliphatic carbocycles. The van der Waals surface area contributed by atoms with E-state index in [2.05, 4.69) is 25.9 Å². The summed E-state index contributed by atoms with van der Waals surface area (Å²) in [6.45, 7) is 1.23. The van der Waals surface area contributed by atoms with Crippen molar-refractivity contribution in [3.63, 3.8) is 0 Å². The molecule has 1 aliphatic rings. The van der Waals surface area contributed by atoms with E-state index in [1.807, 2.05) is 0 Å². The third kappa shape index (κ3) is 6.65. The smallest absolute Gasteiger partial charge is 0.326 e. The molecule has 0 saturated carbocycles. The summed E-state index contributed by atoms with van der Waals surface area (Å²) in [6, 6.07) is -2.24. The molecular formula is C17H28N6O4. The molecule has 1 saturated heterocycles. The van der Waals surface area contributed by atoms with Gasteiger partial charge in [0.25, 0.3) is 0 Å². The van der Waals surface area contributed by atoms with Gasteiger partial charge in [0.15, 0.2) is 0 Å². The van der Waals surface area contributed by atoms with E-state index >= 15 is 0 Å². The van der Waals surface area contributed by atoms with Gasteiger partial charge in [0.2, 0.25) is 11.8 Å². The largest absolute Gasteiger partial charge is 0.480 e. The van der Waals surface area contributed by atoms with Crippen LogP contribution in [0.15, 0.2) is 12.5 Å². The normalized spacial score (nSPS) is 18.6. The number of amides is 2. The van der Waals surface area contributed by atoms with Crippen molar-refractivity contribution >= 4 is 17.8 Å². The van der Waals surface area contributed by atoms with Crippen molar-refractivity contribution in [1.82, 2.24) is 25.9 Å². The minimum Gasteiger partial charge on any atom is -0.480 e. The lowest BCUT2D eigenvalue weighted by atomic mass is 10.1. The zero-order valence-corrected chi connectivity index (χ0v) is 15.2. The van der Waals surface area contributed by atoms with Crippen molar-refractivity contribution in [2.45, 2.75) is 56.7 Å². The molecule has 2 rings (SSSR count). The number of unbranched alkanes of at least 4 members (excludes halogenated alkanes) is 1. The zero-order chi connectivity index (χ0) is 19.6. The Morgan fingerprint density at radius 2 is 2.11 bits per heavy atom. The summed E-state index contributed by atoms with van der Waals surface area (Å²) < 4.78 is 0. The lowest BCUT2D eigenvalue weighted by Crippen LogP contribution is -2.55. The van der Waals surface area contributed by atoms with Crippen LogP contribution in [0.5, 0.6) is 0 Å². The Kier molecular flexibility index (Phi) is 8.21. The summed E-state index contributed by atoms with van der Waals surface area (Å²) in [5.74, 6) is -1.90. The Morgan fingerprint density at radius 1 is 1.30 bits per heavy atom. The van der Waals surface area contributed by atoms with Crippen molar-refractivity contribution in [2.75, 3.05) is 13.1 Å². The predicted octanol–water partition coefficient (Wildman–Crippen LogP) is -1.11. The van der Waals surface area contributed by atoms with E-state index < -0.39 is 24.0 Å². The van der Waals surface area contributed by atoms with E-state index in [0.29, 0.717) is 31.5 Å². The zero-order valence-electron chi connectivity index (χ0n) is 15.2. The summed E-state index contributed by atoms with van der Waals surface area (Å²) in [5, 5.41) is 17.7. The number of imidazole rings is 1. The molecule has 1 aromatic rings. The first-order valence-corrected chi connectivity index (χ1v) is 9.25. The number of hydrogen-bond acceptors (Lipinski definition) is 6. The molecular weight excluding hydrogens is 352 g/mol. The van der Waals surface area contributed by atoms with Gasteiger partial charge in [-0.1, -0.05) is 0 Å². The SMILES string of the molecule is NCCCC[C@H](NC(=O)[C@H](Cc1cnc[nH]1)NC(=O)[C@@H]1CCCN1)C(=O)O. The molecule has 10 nitrogen and oxygen atoms in total. The lowest BCUT2D eigenvalue weighted by molar-refractivity contribution is -0.142. The number of H-pyrrole nitrogens is 1. The highest BCUT2D eigenvalue weighted by Gasteiger charge is 2.30. The number of aromatic amines is 1. The molecule has 27 heavy (non-hydrogen) atoms. The monoisotopic (exact) mass is 380 g/mol. The van der Waals surface area contributed by atoms with Crippen LogP contribution in [-0.4, -0.2) is 64.1 Å². The molecule has 1 aromatic heterocycles. The van der Waals surface area contributed by atoms with Crippen LogP contribution < -0.4 is 21.7 Å². The van der Waals surface area contributed by atoms with Gasteiger partial charge in [0.1, 0.15) is 12.1 Å². The number of nitrogens with zero attached hydrogens (tertiary/aromatic N) is 1. The van der Waals surface area contributed by atoms with Gasteiger partial charge >= 0.3 is 5.97 Å². The van der Waals surface area contributed by atoms with Crippen molar-refractivity contribution in [1.29, 1.82) is 0 Å². The molecule has 0 spiro atoms. The Morgan fingerprint density at radius 3 is 2.70 bits per heavy atom. The van der Waals surface area contributed by atoms with Gasteiger partial charge in [0, 0.05) is 18.3 Å². The standard InChI is InChI=1S/C17H28N6O4/c18-6-2-1-4-13(17(26)27)22-16(25)14(8-11-9-19-10-21-11)23-15(24)12-5-3-7-20-12/h9-10,12-14,20H,1-8,18H2,(H,19,21)(H,22,25)(H,23,24)(H,26,27)/t12-,13-,14-/m0/s1. The van der Waals surface area contributed by atoms with E-state index in [0.717, 1.165) is 13.0 Å². The molecule has 0 radical (unpaired) electrons. The van der Waals surface area contributed by atoms with Crippen molar-refractivity contribution in [3.8, 4) is 0 Å². The van der Waals surface area contributed by atoms with Gasteiger partial charge in [-0.2, -0.15) is 0 Å². The maximum absolute atomic E-state index is 12.7. The van der Waals surface area contributed by atoms with Crippen molar-refractivity contribution in [2.24, 2.45) is 5.73 Å². The lowest BCUT2D eigenvalue weighted by Gasteiger charge is -2.22. The maximum Gasteiger partial charge on any atom is 0.326 e. The number of carbonyl (C=O) groups is 3. The maximum atomic E-state index is 12.7. The first-order valence-electron chi connectivity index (χ1n) is 9.25. The first kappa shape index (κ1) is 20.8. The van der Waals surface area contributed by atoms with Crippen LogP contribution >= 0.6 is 0 Å². The number of nitrogens with two attached hydrogens (primary N) is 1. The number of aliphatic carboxylic acids is 1. The third-order valence-corrected chi connectivity index (χ3v) is 4.55. The number of nitrogens with one attached hydrogen (secondary N) is 4. The van der Waals surface area contributed by atoms with Crippen LogP contribution in [-0.2, 0) is 20.8 Å². The molecule has 2 heterocycles. The van der Waals surface area contributed by atoms with E-state index in [1.54, 1.807) is 6.20 Å². The topological polar surface area (TPSA) is 162 Å². The summed E-state index contributed by atoms with van der Waals surface area (Å²) in [6.07, 6.45) is 6.41. The van der Waals surface area contributed by atoms with Crippen LogP contribution in [0.25, 0.3) is 0 Å². The highest BCUT2D eigenvalue weighted by atomic mass is 16.4. The van der Waals surface area contributed by atoms with Gasteiger partial charge in [-0.25, -0.2) is 9.78 Å². The quantitative estimate of drug-likeness (QED) is 0.265. The van der Waals surface area contributed by atoms with E-state index in [9.17, 15) is 19.5 Å². The molecule has 0 unspecified atom stereocenters. The average molecular weight is 380 g/mol. The van der Waals surface area contributed by atoms with E-state index in [4.69, 9.17) is 5.73 Å². The Bertz CT molecular complexity index is 615. The number of hydrogen-bond donors (Lipinski definition) is 6. The second kappa shape index (κ2) is 10.6. The van der Waals surface area contributed by atoms with Crippen molar-refractivity contribution < 1.29 is 19.5 Å².